The average Bonchev–Trinajstić information content (AvgIpc) is 3.03. The lowest BCUT2D eigenvalue weighted by molar-refractivity contribution is 0.1000. The first kappa shape index (κ1) is 16.9. The van der Waals surface area contributed by atoms with Crippen LogP contribution < -0.4 is 11.1 Å². The third-order valence-electron chi connectivity index (χ3n) is 3.82. The zero-order chi connectivity index (χ0) is 17.8. The molecule has 0 aliphatic rings. The van der Waals surface area contributed by atoms with Crippen molar-refractivity contribution in [2.45, 2.75) is 26.9 Å². The van der Waals surface area contributed by atoms with Crippen LogP contribution in [0.5, 0.6) is 0 Å². The van der Waals surface area contributed by atoms with E-state index in [0.717, 1.165) is 16.9 Å². The van der Waals surface area contributed by atoms with E-state index < -0.39 is 5.91 Å². The van der Waals surface area contributed by atoms with Crippen LogP contribution in [0.25, 0.3) is 5.69 Å². The van der Waals surface area contributed by atoms with Gasteiger partial charge in [-0.2, -0.15) is 15.0 Å². The molecule has 0 saturated heterocycles. The van der Waals surface area contributed by atoms with Gasteiger partial charge in [0.2, 0.25) is 5.91 Å². The molecule has 2 aromatic carbocycles. The van der Waals surface area contributed by atoms with E-state index in [1.165, 1.54) is 11.1 Å². The largest absolute Gasteiger partial charge is 0.366 e. The number of hydrogen-bond donors (Lipinski definition) is 2. The Kier molecular flexibility index (Phi) is 4.90. The van der Waals surface area contributed by atoms with E-state index in [-0.39, 0.29) is 0 Å². The molecule has 0 aliphatic heterocycles. The Hall–Kier alpha value is -2.99. The molecule has 25 heavy (non-hydrogen) atoms. The van der Waals surface area contributed by atoms with Crippen molar-refractivity contribution in [1.29, 1.82) is 0 Å². The molecule has 3 rings (SSSR count). The maximum Gasteiger partial charge on any atom is 0.248 e. The van der Waals surface area contributed by atoms with E-state index >= 15 is 0 Å². The molecule has 0 aliphatic carbocycles. The van der Waals surface area contributed by atoms with E-state index in [0.29, 0.717) is 18.7 Å². The molecular formula is C19H21N5O. The Balaban J connectivity index is 1.62. The molecule has 0 radical (unpaired) electrons. The fourth-order valence-electron chi connectivity index (χ4n) is 2.74. The Morgan fingerprint density at radius 2 is 1.88 bits per heavy atom. The third kappa shape index (κ3) is 4.30. The van der Waals surface area contributed by atoms with Gasteiger partial charge in [0.1, 0.15) is 0 Å². The van der Waals surface area contributed by atoms with Crippen molar-refractivity contribution < 1.29 is 4.79 Å². The molecular weight excluding hydrogens is 314 g/mol. The molecule has 0 bridgehead atoms. The molecule has 3 N–H and O–H groups in total. The fraction of sp³-hybridized carbons (Fsp3) is 0.211. The summed E-state index contributed by atoms with van der Waals surface area (Å²) in [5.41, 5.74) is 11.0. The predicted octanol–water partition coefficient (Wildman–Crippen LogP) is 2.27. The molecule has 1 amide bonds. The quantitative estimate of drug-likeness (QED) is 0.723. The third-order valence-corrected chi connectivity index (χ3v) is 3.82. The van der Waals surface area contributed by atoms with Crippen molar-refractivity contribution in [3.63, 3.8) is 0 Å². The minimum Gasteiger partial charge on any atom is -0.366 e. The van der Waals surface area contributed by atoms with Crippen LogP contribution in [0, 0.1) is 13.8 Å². The Bertz CT molecular complexity index is 880. The number of carbonyl (C=O) groups is 1. The number of nitrogens with two attached hydrogens (primary N) is 1. The zero-order valence-corrected chi connectivity index (χ0v) is 14.4. The number of benzene rings is 2. The number of hydrogen-bond acceptors (Lipinski definition) is 4. The van der Waals surface area contributed by atoms with Gasteiger partial charge in [-0.1, -0.05) is 18.2 Å². The summed E-state index contributed by atoms with van der Waals surface area (Å²) in [6.07, 6.45) is 1.75. The van der Waals surface area contributed by atoms with Crippen molar-refractivity contribution in [3.05, 3.63) is 76.6 Å². The molecule has 0 saturated carbocycles. The van der Waals surface area contributed by atoms with Crippen LogP contribution in [0.3, 0.4) is 0 Å². The van der Waals surface area contributed by atoms with Crippen molar-refractivity contribution in [1.82, 2.24) is 20.3 Å². The van der Waals surface area contributed by atoms with Gasteiger partial charge in [-0.3, -0.25) is 4.79 Å². The number of aromatic nitrogens is 3. The number of amides is 1. The number of nitrogens with zero attached hydrogens (tertiary/aromatic N) is 3. The second-order valence-corrected chi connectivity index (χ2v) is 6.14. The summed E-state index contributed by atoms with van der Waals surface area (Å²) in [5.74, 6) is -0.418. The van der Waals surface area contributed by atoms with E-state index in [4.69, 9.17) is 5.73 Å². The van der Waals surface area contributed by atoms with Gasteiger partial charge in [-0.05, 0) is 54.8 Å². The molecule has 1 aromatic heterocycles. The fourth-order valence-corrected chi connectivity index (χ4v) is 2.74. The highest BCUT2D eigenvalue weighted by Gasteiger charge is 2.05. The van der Waals surface area contributed by atoms with Crippen LogP contribution in [0.4, 0.5) is 0 Å². The molecule has 0 fully saturated rings. The van der Waals surface area contributed by atoms with Crippen LogP contribution in [0.2, 0.25) is 0 Å². The van der Waals surface area contributed by atoms with Crippen LogP contribution >= 0.6 is 0 Å². The number of primary amides is 1. The van der Waals surface area contributed by atoms with Crippen molar-refractivity contribution in [2.24, 2.45) is 5.73 Å². The van der Waals surface area contributed by atoms with Crippen LogP contribution in [-0.4, -0.2) is 20.9 Å². The summed E-state index contributed by atoms with van der Waals surface area (Å²) in [7, 11) is 0. The van der Waals surface area contributed by atoms with Gasteiger partial charge in [0.05, 0.1) is 17.6 Å². The lowest BCUT2D eigenvalue weighted by Crippen LogP contribution is -2.15. The van der Waals surface area contributed by atoms with Gasteiger partial charge in [0.15, 0.2) is 0 Å². The van der Waals surface area contributed by atoms with Gasteiger partial charge < -0.3 is 11.1 Å². The summed E-state index contributed by atoms with van der Waals surface area (Å²) in [5, 5.41) is 12.1. The number of nitrogens with one attached hydrogen (secondary N) is 1. The van der Waals surface area contributed by atoms with Crippen molar-refractivity contribution >= 4 is 5.91 Å². The zero-order valence-electron chi connectivity index (χ0n) is 14.4. The Morgan fingerprint density at radius 1 is 1.12 bits per heavy atom. The number of rotatable bonds is 6. The molecule has 0 spiro atoms. The van der Waals surface area contributed by atoms with E-state index in [1.54, 1.807) is 23.1 Å². The predicted molar refractivity (Wildman–Crippen MR) is 96.3 cm³/mol. The monoisotopic (exact) mass is 335 g/mol. The van der Waals surface area contributed by atoms with Crippen molar-refractivity contribution in [2.75, 3.05) is 0 Å². The van der Waals surface area contributed by atoms with Gasteiger partial charge >= 0.3 is 0 Å². The second-order valence-electron chi connectivity index (χ2n) is 6.14. The maximum absolute atomic E-state index is 11.2. The first-order valence-electron chi connectivity index (χ1n) is 8.10. The molecule has 0 unspecified atom stereocenters. The summed E-state index contributed by atoms with van der Waals surface area (Å²) in [6, 6.07) is 13.5. The van der Waals surface area contributed by atoms with E-state index in [9.17, 15) is 4.79 Å². The first-order valence-corrected chi connectivity index (χ1v) is 8.10. The first-order chi connectivity index (χ1) is 12.0. The number of aryl methyl sites for hydroxylation is 2. The Labute approximate surface area is 146 Å². The van der Waals surface area contributed by atoms with Gasteiger partial charge in [0, 0.05) is 18.7 Å². The summed E-state index contributed by atoms with van der Waals surface area (Å²) in [4.78, 5) is 12.9. The molecule has 1 heterocycles. The lowest BCUT2D eigenvalue weighted by atomic mass is 10.1. The highest BCUT2D eigenvalue weighted by molar-refractivity contribution is 5.92. The van der Waals surface area contributed by atoms with E-state index in [2.05, 4.69) is 47.6 Å². The van der Waals surface area contributed by atoms with Crippen LogP contribution in [0.15, 0.2) is 48.7 Å². The molecule has 6 heteroatoms. The van der Waals surface area contributed by atoms with Gasteiger partial charge in [-0.15, -0.1) is 0 Å². The Morgan fingerprint density at radius 3 is 2.60 bits per heavy atom. The van der Waals surface area contributed by atoms with Gasteiger partial charge in [-0.25, -0.2) is 0 Å². The summed E-state index contributed by atoms with van der Waals surface area (Å²) >= 11 is 0. The smallest absolute Gasteiger partial charge is 0.248 e. The normalized spacial score (nSPS) is 10.8. The molecule has 3 aromatic rings. The highest BCUT2D eigenvalue weighted by Crippen LogP contribution is 2.12. The second kappa shape index (κ2) is 7.27. The summed E-state index contributed by atoms with van der Waals surface area (Å²) < 4.78 is 0. The number of carbonyl (C=O) groups excluding carboxylic acids is 1. The maximum atomic E-state index is 11.2. The molecule has 0 atom stereocenters. The average molecular weight is 335 g/mol. The van der Waals surface area contributed by atoms with Gasteiger partial charge in [0.25, 0.3) is 0 Å². The standard InChI is InChI=1S/C19H21N5O/c1-13-6-14(2)8-18(7-13)24-22-12-17(23-24)11-21-10-15-4-3-5-16(9-15)19(20)25/h3-9,12,21H,10-11H2,1-2H3,(H2,20,25). The highest BCUT2D eigenvalue weighted by atomic mass is 16.1. The lowest BCUT2D eigenvalue weighted by Gasteiger charge is -2.05. The van der Waals surface area contributed by atoms with E-state index in [1.807, 2.05) is 12.1 Å². The minimum atomic E-state index is -0.418. The minimum absolute atomic E-state index is 0.418. The van der Waals surface area contributed by atoms with Crippen molar-refractivity contribution in [3.8, 4) is 5.69 Å². The summed E-state index contributed by atoms with van der Waals surface area (Å²) in [6.45, 7) is 5.33. The molecule has 128 valence electrons. The molecule has 6 nitrogen and oxygen atoms in total. The SMILES string of the molecule is Cc1cc(C)cc(-n2ncc(CNCc3cccc(C(N)=O)c3)n2)c1. The van der Waals surface area contributed by atoms with Crippen LogP contribution in [-0.2, 0) is 13.1 Å². The van der Waals surface area contributed by atoms with Crippen LogP contribution in [0.1, 0.15) is 32.7 Å². The topological polar surface area (TPSA) is 85.8 Å².